The van der Waals surface area contributed by atoms with Crippen molar-refractivity contribution in [2.24, 2.45) is 0 Å². The molecule has 5 nitrogen and oxygen atoms in total. The molecule has 0 aliphatic heterocycles. The first-order valence-corrected chi connectivity index (χ1v) is 11.1. The number of fused-ring (bicyclic) bond motifs is 2. The number of ether oxygens (including phenoxy) is 1. The van der Waals surface area contributed by atoms with Crippen LogP contribution in [0.2, 0.25) is 0 Å². The lowest BCUT2D eigenvalue weighted by Crippen LogP contribution is -2.26. The molecular weight excluding hydrogens is 410 g/mol. The maximum Gasteiger partial charge on any atom is 0.251 e. The van der Waals surface area contributed by atoms with Crippen LogP contribution in [0.4, 0.5) is 0 Å². The summed E-state index contributed by atoms with van der Waals surface area (Å²) in [7, 11) is 0. The van der Waals surface area contributed by atoms with Crippen molar-refractivity contribution in [3.8, 4) is 5.75 Å². The van der Waals surface area contributed by atoms with E-state index in [4.69, 9.17) is 9.72 Å². The van der Waals surface area contributed by atoms with Crippen LogP contribution < -0.4 is 10.1 Å². The van der Waals surface area contributed by atoms with E-state index in [9.17, 15) is 4.79 Å². The Hall–Kier alpha value is -4.12. The van der Waals surface area contributed by atoms with Gasteiger partial charge in [-0.2, -0.15) is 0 Å². The molecule has 5 rings (SSSR count). The van der Waals surface area contributed by atoms with E-state index in [1.54, 1.807) is 0 Å². The summed E-state index contributed by atoms with van der Waals surface area (Å²) < 4.78 is 8.29. The second-order valence-electron chi connectivity index (χ2n) is 7.99. The highest BCUT2D eigenvalue weighted by molar-refractivity contribution is 5.95. The lowest BCUT2D eigenvalue weighted by molar-refractivity contribution is 0.0949. The molecule has 1 heterocycles. The van der Waals surface area contributed by atoms with Crippen LogP contribution in [-0.4, -0.2) is 22.1 Å². The van der Waals surface area contributed by atoms with E-state index in [1.807, 2.05) is 79.7 Å². The van der Waals surface area contributed by atoms with Crippen LogP contribution in [-0.2, 0) is 13.1 Å². The van der Waals surface area contributed by atoms with Gasteiger partial charge in [-0.3, -0.25) is 4.79 Å². The first-order valence-electron chi connectivity index (χ1n) is 11.1. The Bertz CT molecular complexity index is 1430. The van der Waals surface area contributed by atoms with Gasteiger partial charge in [0.2, 0.25) is 0 Å². The number of nitrogens with one attached hydrogen (secondary N) is 1. The number of benzene rings is 4. The number of amides is 1. The number of nitrogens with zero attached hydrogens (tertiary/aromatic N) is 2. The summed E-state index contributed by atoms with van der Waals surface area (Å²) in [5.41, 5.74) is 3.56. The number of hydrogen-bond acceptors (Lipinski definition) is 3. The Labute approximate surface area is 192 Å². The Morgan fingerprint density at radius 1 is 0.909 bits per heavy atom. The molecule has 0 aliphatic rings. The third-order valence-electron chi connectivity index (χ3n) is 5.85. The molecule has 0 spiro atoms. The number of carbonyl (C=O) groups is 1. The second kappa shape index (κ2) is 9.17. The third-order valence-corrected chi connectivity index (χ3v) is 5.85. The summed E-state index contributed by atoms with van der Waals surface area (Å²) in [5, 5.41) is 5.28. The van der Waals surface area contributed by atoms with E-state index in [0.717, 1.165) is 38.9 Å². The number of imidazole rings is 1. The molecule has 5 heteroatoms. The maximum atomic E-state index is 12.7. The monoisotopic (exact) mass is 435 g/mol. The molecule has 164 valence electrons. The van der Waals surface area contributed by atoms with Gasteiger partial charge in [0.1, 0.15) is 18.2 Å². The molecule has 4 aromatic carbocycles. The van der Waals surface area contributed by atoms with E-state index >= 15 is 0 Å². The number of aromatic nitrogens is 2. The normalized spacial score (nSPS) is 11.1. The predicted octanol–water partition coefficient (Wildman–Crippen LogP) is 5.51. The van der Waals surface area contributed by atoms with Crippen molar-refractivity contribution in [3.05, 3.63) is 108 Å². The standard InChI is InChI=1S/C28H25N3O2/c1-20-9-2-4-12-22(20)28(32)29-19-27-30-24-14-6-7-15-25(24)31(27)17-18-33-26-16-8-11-21-10-3-5-13-23(21)26/h2-16H,17-19H2,1H3,(H,29,32). The van der Waals surface area contributed by atoms with Gasteiger partial charge in [-0.05, 0) is 42.1 Å². The van der Waals surface area contributed by atoms with Crippen LogP contribution in [0.5, 0.6) is 5.75 Å². The average molecular weight is 436 g/mol. The van der Waals surface area contributed by atoms with Crippen LogP contribution in [0, 0.1) is 6.92 Å². The highest BCUT2D eigenvalue weighted by Gasteiger charge is 2.14. The lowest BCUT2D eigenvalue weighted by atomic mass is 10.1. The minimum absolute atomic E-state index is 0.0984. The molecule has 0 fully saturated rings. The summed E-state index contributed by atoms with van der Waals surface area (Å²) in [6, 6.07) is 29.9. The minimum atomic E-state index is -0.0984. The van der Waals surface area contributed by atoms with Gasteiger partial charge >= 0.3 is 0 Å². The zero-order valence-corrected chi connectivity index (χ0v) is 18.5. The molecule has 0 saturated heterocycles. The topological polar surface area (TPSA) is 56.2 Å². The molecule has 0 radical (unpaired) electrons. The van der Waals surface area contributed by atoms with Gasteiger partial charge in [-0.1, -0.05) is 66.7 Å². The summed E-state index contributed by atoms with van der Waals surface area (Å²) in [5.74, 6) is 1.57. The molecule has 0 aliphatic carbocycles. The molecule has 33 heavy (non-hydrogen) atoms. The van der Waals surface area contributed by atoms with E-state index in [2.05, 4.69) is 28.1 Å². The van der Waals surface area contributed by atoms with Gasteiger partial charge < -0.3 is 14.6 Å². The van der Waals surface area contributed by atoms with E-state index in [1.165, 1.54) is 0 Å². The van der Waals surface area contributed by atoms with Crippen molar-refractivity contribution in [1.82, 2.24) is 14.9 Å². The number of carbonyl (C=O) groups excluding carboxylic acids is 1. The van der Waals surface area contributed by atoms with Crippen LogP contribution in [0.25, 0.3) is 21.8 Å². The van der Waals surface area contributed by atoms with Crippen molar-refractivity contribution < 1.29 is 9.53 Å². The summed E-state index contributed by atoms with van der Waals surface area (Å²) in [6.45, 7) is 3.40. The highest BCUT2D eigenvalue weighted by atomic mass is 16.5. The van der Waals surface area contributed by atoms with Gasteiger partial charge in [0, 0.05) is 10.9 Å². The maximum absolute atomic E-state index is 12.7. The third kappa shape index (κ3) is 4.30. The SMILES string of the molecule is Cc1ccccc1C(=O)NCc1nc2ccccc2n1CCOc1cccc2ccccc12. The predicted molar refractivity (Wildman–Crippen MR) is 132 cm³/mol. The first-order chi connectivity index (χ1) is 16.2. The second-order valence-corrected chi connectivity index (χ2v) is 7.99. The number of hydrogen-bond donors (Lipinski definition) is 1. The Kier molecular flexibility index (Phi) is 5.77. The largest absolute Gasteiger partial charge is 0.491 e. The van der Waals surface area contributed by atoms with Gasteiger partial charge in [0.25, 0.3) is 5.91 Å². The smallest absolute Gasteiger partial charge is 0.251 e. The summed E-state index contributed by atoms with van der Waals surface area (Å²) >= 11 is 0. The molecule has 1 N–H and O–H groups in total. The number of para-hydroxylation sites is 2. The van der Waals surface area contributed by atoms with Crippen molar-refractivity contribution in [1.29, 1.82) is 0 Å². The van der Waals surface area contributed by atoms with Gasteiger partial charge in [0.05, 0.1) is 24.1 Å². The van der Waals surface area contributed by atoms with E-state index < -0.39 is 0 Å². The van der Waals surface area contributed by atoms with Gasteiger partial charge in [0.15, 0.2) is 0 Å². The van der Waals surface area contributed by atoms with Crippen molar-refractivity contribution in [2.75, 3.05) is 6.61 Å². The van der Waals surface area contributed by atoms with E-state index in [0.29, 0.717) is 25.3 Å². The molecule has 0 saturated carbocycles. The number of aryl methyl sites for hydroxylation is 1. The zero-order chi connectivity index (χ0) is 22.6. The number of rotatable bonds is 7. The molecule has 5 aromatic rings. The average Bonchev–Trinajstić information content (AvgIpc) is 3.20. The fourth-order valence-corrected chi connectivity index (χ4v) is 4.16. The fraction of sp³-hybridized carbons (Fsp3) is 0.143. The molecular formula is C28H25N3O2. The zero-order valence-electron chi connectivity index (χ0n) is 18.5. The van der Waals surface area contributed by atoms with Crippen molar-refractivity contribution >= 4 is 27.7 Å². The Morgan fingerprint density at radius 3 is 2.58 bits per heavy atom. The molecule has 0 atom stereocenters. The van der Waals surface area contributed by atoms with Crippen LogP contribution >= 0.6 is 0 Å². The van der Waals surface area contributed by atoms with Gasteiger partial charge in [-0.15, -0.1) is 0 Å². The molecule has 1 amide bonds. The van der Waals surface area contributed by atoms with Gasteiger partial charge in [-0.25, -0.2) is 4.98 Å². The first kappa shape index (κ1) is 20.8. The summed E-state index contributed by atoms with van der Waals surface area (Å²) in [4.78, 5) is 17.5. The summed E-state index contributed by atoms with van der Waals surface area (Å²) in [6.07, 6.45) is 0. The Balaban J connectivity index is 1.34. The van der Waals surface area contributed by atoms with Crippen LogP contribution in [0.15, 0.2) is 91.0 Å². The van der Waals surface area contributed by atoms with E-state index in [-0.39, 0.29) is 5.91 Å². The van der Waals surface area contributed by atoms with Crippen molar-refractivity contribution in [2.45, 2.75) is 20.0 Å². The molecule has 0 bridgehead atoms. The highest BCUT2D eigenvalue weighted by Crippen LogP contribution is 2.25. The Morgan fingerprint density at radius 2 is 1.67 bits per heavy atom. The minimum Gasteiger partial charge on any atom is -0.491 e. The van der Waals surface area contributed by atoms with Crippen LogP contribution in [0.1, 0.15) is 21.7 Å². The molecule has 1 aromatic heterocycles. The quantitative estimate of drug-likeness (QED) is 0.367. The molecule has 0 unspecified atom stereocenters. The van der Waals surface area contributed by atoms with Crippen LogP contribution in [0.3, 0.4) is 0 Å². The lowest BCUT2D eigenvalue weighted by Gasteiger charge is -2.13. The fourth-order valence-electron chi connectivity index (χ4n) is 4.16. The van der Waals surface area contributed by atoms with Crippen molar-refractivity contribution in [3.63, 3.8) is 0 Å².